The van der Waals surface area contributed by atoms with Crippen molar-refractivity contribution in [1.29, 1.82) is 0 Å². The Balaban J connectivity index is 0.000000220. The maximum Gasteiger partial charge on any atom is 0.271 e. The lowest BCUT2D eigenvalue weighted by Gasteiger charge is -1.96. The largest absolute Gasteiger partial charge is 0.506 e. The van der Waals surface area contributed by atoms with Gasteiger partial charge in [-0.25, -0.2) is 0 Å². The van der Waals surface area contributed by atoms with Crippen molar-refractivity contribution in [2.24, 2.45) is 0 Å². The molecule has 0 aromatic heterocycles. The molecule has 6 N–H and O–H groups in total. The van der Waals surface area contributed by atoms with Gasteiger partial charge in [-0.15, -0.1) is 0 Å². The molecule has 0 saturated heterocycles. The number of hydrogen-bond acceptors (Lipinski definition) is 8. The Morgan fingerprint density at radius 1 is 0.773 bits per heavy atom. The van der Waals surface area contributed by atoms with Gasteiger partial charge in [0.25, 0.3) is 11.4 Å². The van der Waals surface area contributed by atoms with Crippen LogP contribution in [0, 0.1) is 20.2 Å². The van der Waals surface area contributed by atoms with Crippen molar-refractivity contribution in [3.63, 3.8) is 0 Å². The summed E-state index contributed by atoms with van der Waals surface area (Å²) >= 11 is 0. The van der Waals surface area contributed by atoms with Crippen molar-refractivity contribution in [3.05, 3.63) is 56.6 Å². The topological polar surface area (TPSA) is 179 Å². The van der Waals surface area contributed by atoms with Crippen molar-refractivity contribution < 1.29 is 20.1 Å². The van der Waals surface area contributed by atoms with Crippen molar-refractivity contribution in [2.75, 3.05) is 11.5 Å². The highest BCUT2D eigenvalue weighted by Gasteiger charge is 2.07. The molecular formula is C12H12N4O6. The number of nitrogen functional groups attached to an aromatic ring is 2. The standard InChI is InChI=1S/2C6H6N2O3/c2*7-5-3-4(8(10)11)1-2-6(5)9/h2*1-3,9H,7H2. The Morgan fingerprint density at radius 3 is 1.32 bits per heavy atom. The van der Waals surface area contributed by atoms with Gasteiger partial charge in [-0.2, -0.15) is 0 Å². The van der Waals surface area contributed by atoms with Crippen LogP contribution in [0.5, 0.6) is 11.5 Å². The number of benzene rings is 2. The third-order valence-corrected chi connectivity index (χ3v) is 2.44. The molecule has 2 aromatic carbocycles. The van der Waals surface area contributed by atoms with Crippen LogP contribution in [-0.2, 0) is 0 Å². The Morgan fingerprint density at radius 2 is 1.09 bits per heavy atom. The molecule has 2 aromatic rings. The lowest BCUT2D eigenvalue weighted by Crippen LogP contribution is -1.90. The van der Waals surface area contributed by atoms with E-state index in [2.05, 4.69) is 0 Å². The smallest absolute Gasteiger partial charge is 0.271 e. The quantitative estimate of drug-likeness (QED) is 0.280. The van der Waals surface area contributed by atoms with E-state index in [-0.39, 0.29) is 34.2 Å². The number of nitrogens with zero attached hydrogens (tertiary/aromatic N) is 2. The van der Waals surface area contributed by atoms with Gasteiger partial charge in [-0.1, -0.05) is 0 Å². The second kappa shape index (κ2) is 6.74. The van der Waals surface area contributed by atoms with E-state index in [1.54, 1.807) is 0 Å². The Hall–Kier alpha value is -3.56. The van der Waals surface area contributed by atoms with Gasteiger partial charge < -0.3 is 21.7 Å². The van der Waals surface area contributed by atoms with Crippen molar-refractivity contribution in [3.8, 4) is 11.5 Å². The summed E-state index contributed by atoms with van der Waals surface area (Å²) in [6.45, 7) is 0. The zero-order valence-corrected chi connectivity index (χ0v) is 11.0. The summed E-state index contributed by atoms with van der Waals surface area (Å²) in [6.07, 6.45) is 0. The normalized spacial score (nSPS) is 9.45. The number of hydrogen-bond donors (Lipinski definition) is 4. The van der Waals surface area contributed by atoms with Crippen LogP contribution in [0.4, 0.5) is 22.7 Å². The first-order valence-corrected chi connectivity index (χ1v) is 5.68. The Labute approximate surface area is 123 Å². The minimum absolute atomic E-state index is 0.0131. The van der Waals surface area contributed by atoms with E-state index in [9.17, 15) is 20.2 Å². The molecule has 10 nitrogen and oxygen atoms in total. The lowest BCUT2D eigenvalue weighted by molar-refractivity contribution is -0.385. The molecule has 0 fully saturated rings. The maximum absolute atomic E-state index is 10.1. The predicted molar refractivity (Wildman–Crippen MR) is 78.3 cm³/mol. The first-order chi connectivity index (χ1) is 10.2. The van der Waals surface area contributed by atoms with Gasteiger partial charge in [0.05, 0.1) is 21.2 Å². The minimum atomic E-state index is -0.574. The number of rotatable bonds is 2. The highest BCUT2D eigenvalue weighted by atomic mass is 16.6. The summed E-state index contributed by atoms with van der Waals surface area (Å²) in [5.41, 5.74) is 10.2. The molecule has 0 unspecified atom stereocenters. The summed E-state index contributed by atoms with van der Waals surface area (Å²) in [4.78, 5) is 19.1. The molecule has 0 bridgehead atoms. The fourth-order valence-electron chi connectivity index (χ4n) is 1.31. The van der Waals surface area contributed by atoms with Crippen LogP contribution in [-0.4, -0.2) is 20.1 Å². The number of phenols is 2. The Bertz CT molecular complexity index is 657. The summed E-state index contributed by atoms with van der Waals surface area (Å²) in [6, 6.07) is 6.96. The molecule has 0 spiro atoms. The molecule has 22 heavy (non-hydrogen) atoms. The van der Waals surface area contributed by atoms with Gasteiger partial charge in [0.1, 0.15) is 11.5 Å². The van der Waals surface area contributed by atoms with E-state index in [1.807, 2.05) is 0 Å². The summed E-state index contributed by atoms with van der Waals surface area (Å²) < 4.78 is 0. The molecule has 0 aliphatic heterocycles. The molecule has 0 amide bonds. The first kappa shape index (κ1) is 16.5. The van der Waals surface area contributed by atoms with E-state index in [4.69, 9.17) is 21.7 Å². The highest BCUT2D eigenvalue weighted by molar-refractivity contribution is 5.57. The second-order valence-electron chi connectivity index (χ2n) is 4.00. The number of nitro benzene ring substituents is 2. The first-order valence-electron chi connectivity index (χ1n) is 5.68. The summed E-state index contributed by atoms with van der Waals surface area (Å²) in [5.74, 6) is -0.286. The van der Waals surface area contributed by atoms with Crippen LogP contribution in [0.15, 0.2) is 36.4 Å². The number of nitrogens with two attached hydrogens (primary N) is 2. The van der Waals surface area contributed by atoms with Crippen molar-refractivity contribution in [1.82, 2.24) is 0 Å². The molecule has 116 valence electrons. The number of phenolic OH excluding ortho intramolecular Hbond substituents is 2. The zero-order chi connectivity index (χ0) is 16.9. The average molecular weight is 308 g/mol. The monoisotopic (exact) mass is 308 g/mol. The van der Waals surface area contributed by atoms with Gasteiger partial charge in [0.2, 0.25) is 0 Å². The van der Waals surface area contributed by atoms with E-state index in [1.165, 1.54) is 24.3 Å². The van der Waals surface area contributed by atoms with Gasteiger partial charge in [-0.3, -0.25) is 20.2 Å². The van der Waals surface area contributed by atoms with Gasteiger partial charge in [0, 0.05) is 24.3 Å². The number of aromatic hydroxyl groups is 2. The maximum atomic E-state index is 10.1. The molecule has 0 saturated carbocycles. The van der Waals surface area contributed by atoms with E-state index in [0.717, 1.165) is 12.1 Å². The van der Waals surface area contributed by atoms with Crippen LogP contribution >= 0.6 is 0 Å². The molecule has 0 atom stereocenters. The van der Waals surface area contributed by atoms with Gasteiger partial charge in [0.15, 0.2) is 0 Å². The fourth-order valence-corrected chi connectivity index (χ4v) is 1.31. The number of anilines is 2. The van der Waals surface area contributed by atoms with Gasteiger partial charge >= 0.3 is 0 Å². The number of nitro groups is 2. The summed E-state index contributed by atoms with van der Waals surface area (Å²) in [7, 11) is 0. The SMILES string of the molecule is Nc1cc([N+](=O)[O-])ccc1O.Nc1cc([N+](=O)[O-])ccc1O. The lowest BCUT2D eigenvalue weighted by atomic mass is 10.2. The van der Waals surface area contributed by atoms with Crippen LogP contribution in [0.3, 0.4) is 0 Å². The molecule has 0 aliphatic rings. The van der Waals surface area contributed by atoms with E-state index < -0.39 is 9.85 Å². The fraction of sp³-hybridized carbons (Fsp3) is 0. The molecule has 0 aliphatic carbocycles. The van der Waals surface area contributed by atoms with Crippen LogP contribution in [0.2, 0.25) is 0 Å². The highest BCUT2D eigenvalue weighted by Crippen LogP contribution is 2.25. The molecular weight excluding hydrogens is 296 g/mol. The van der Waals surface area contributed by atoms with E-state index >= 15 is 0 Å². The minimum Gasteiger partial charge on any atom is -0.506 e. The Kier molecular flexibility index (Phi) is 5.06. The van der Waals surface area contributed by atoms with Crippen molar-refractivity contribution in [2.45, 2.75) is 0 Å². The second-order valence-corrected chi connectivity index (χ2v) is 4.00. The number of non-ortho nitro benzene ring substituents is 2. The molecule has 10 heteroatoms. The predicted octanol–water partition coefficient (Wildman–Crippen LogP) is 1.77. The third-order valence-electron chi connectivity index (χ3n) is 2.44. The molecule has 2 rings (SSSR count). The molecule has 0 heterocycles. The van der Waals surface area contributed by atoms with E-state index in [0.29, 0.717) is 0 Å². The molecule has 0 radical (unpaired) electrons. The van der Waals surface area contributed by atoms with Crippen LogP contribution in [0.1, 0.15) is 0 Å². The van der Waals surface area contributed by atoms with Crippen LogP contribution < -0.4 is 11.5 Å². The third kappa shape index (κ3) is 4.23. The average Bonchev–Trinajstić information content (AvgIpc) is 2.45. The zero-order valence-electron chi connectivity index (χ0n) is 11.0. The van der Waals surface area contributed by atoms with Crippen LogP contribution in [0.25, 0.3) is 0 Å². The van der Waals surface area contributed by atoms with Crippen molar-refractivity contribution >= 4 is 22.7 Å². The summed E-state index contributed by atoms with van der Waals surface area (Å²) in [5, 5.41) is 38.0. The van der Waals surface area contributed by atoms with Gasteiger partial charge in [-0.05, 0) is 12.1 Å².